The number of aromatic nitrogens is 3. The normalized spacial score (nSPS) is 20.8. The predicted octanol–water partition coefficient (Wildman–Crippen LogP) is 2.81. The molecular formula is C18H24N4O2. The highest BCUT2D eigenvalue weighted by Crippen LogP contribution is 2.25. The fourth-order valence-electron chi connectivity index (χ4n) is 3.27. The predicted molar refractivity (Wildman–Crippen MR) is 91.7 cm³/mol. The number of hydrogen-bond donors (Lipinski definition) is 1. The largest absolute Gasteiger partial charge is 0.381 e. The maximum absolute atomic E-state index is 12.7. The van der Waals surface area contributed by atoms with Crippen LogP contribution in [-0.4, -0.2) is 52.3 Å². The third-order valence-corrected chi connectivity index (χ3v) is 4.83. The van der Waals surface area contributed by atoms with Crippen molar-refractivity contribution in [3.05, 3.63) is 35.7 Å². The topological polar surface area (TPSA) is 71.1 Å². The van der Waals surface area contributed by atoms with Crippen LogP contribution in [0, 0.1) is 6.92 Å². The summed E-state index contributed by atoms with van der Waals surface area (Å²) in [6, 6.07) is 7.78. The Labute approximate surface area is 142 Å². The van der Waals surface area contributed by atoms with E-state index in [-0.39, 0.29) is 5.91 Å². The zero-order valence-electron chi connectivity index (χ0n) is 14.5. The van der Waals surface area contributed by atoms with Gasteiger partial charge in [0.2, 0.25) is 0 Å². The lowest BCUT2D eigenvalue weighted by Crippen LogP contribution is -2.40. The van der Waals surface area contributed by atoms with Gasteiger partial charge in [-0.1, -0.05) is 12.1 Å². The number of ether oxygens (including phenoxy) is 1. The van der Waals surface area contributed by atoms with Crippen molar-refractivity contribution in [3.8, 4) is 11.4 Å². The van der Waals surface area contributed by atoms with Crippen molar-refractivity contribution in [2.24, 2.45) is 0 Å². The van der Waals surface area contributed by atoms with Gasteiger partial charge in [-0.05, 0) is 44.7 Å². The Morgan fingerprint density at radius 3 is 2.42 bits per heavy atom. The Morgan fingerprint density at radius 1 is 1.21 bits per heavy atom. The lowest BCUT2D eigenvalue weighted by Gasteiger charge is -2.34. The number of H-pyrrole nitrogens is 1. The molecule has 1 heterocycles. The molecule has 3 rings (SSSR count). The number of nitrogens with zero attached hydrogens (tertiary/aromatic N) is 3. The average molecular weight is 328 g/mol. The maximum atomic E-state index is 12.7. The SMILES string of the molecule is COC1CCC(N(C)C(=O)c2ccc(-c3n[nH]c(C)n3)cc2)CC1. The van der Waals surface area contributed by atoms with E-state index in [1.54, 1.807) is 7.11 Å². The zero-order valence-corrected chi connectivity index (χ0v) is 14.5. The minimum atomic E-state index is 0.0635. The summed E-state index contributed by atoms with van der Waals surface area (Å²) in [4.78, 5) is 18.9. The van der Waals surface area contributed by atoms with Crippen molar-refractivity contribution in [2.45, 2.75) is 44.8 Å². The molecule has 24 heavy (non-hydrogen) atoms. The van der Waals surface area contributed by atoms with E-state index < -0.39 is 0 Å². The van der Waals surface area contributed by atoms with Crippen LogP contribution in [-0.2, 0) is 4.74 Å². The number of carbonyl (C=O) groups is 1. The van der Waals surface area contributed by atoms with Crippen LogP contribution in [0.3, 0.4) is 0 Å². The van der Waals surface area contributed by atoms with Gasteiger partial charge in [0.25, 0.3) is 5.91 Å². The van der Waals surface area contributed by atoms with Crippen LogP contribution in [0.15, 0.2) is 24.3 Å². The van der Waals surface area contributed by atoms with E-state index in [1.807, 2.05) is 43.1 Å². The van der Waals surface area contributed by atoms with Crippen LogP contribution in [0.2, 0.25) is 0 Å². The molecular weight excluding hydrogens is 304 g/mol. The first kappa shape index (κ1) is 16.6. The second-order valence-corrected chi connectivity index (χ2v) is 6.40. The molecule has 0 radical (unpaired) electrons. The van der Waals surface area contributed by atoms with Crippen LogP contribution >= 0.6 is 0 Å². The Morgan fingerprint density at radius 2 is 1.88 bits per heavy atom. The molecule has 1 aromatic carbocycles. The number of benzene rings is 1. The van der Waals surface area contributed by atoms with Crippen LogP contribution in [0.5, 0.6) is 0 Å². The van der Waals surface area contributed by atoms with Crippen LogP contribution in [0.4, 0.5) is 0 Å². The summed E-state index contributed by atoms with van der Waals surface area (Å²) < 4.78 is 5.40. The number of aromatic amines is 1. The molecule has 6 nitrogen and oxygen atoms in total. The van der Waals surface area contributed by atoms with Crippen molar-refractivity contribution >= 4 is 5.91 Å². The second-order valence-electron chi connectivity index (χ2n) is 6.40. The third kappa shape index (κ3) is 3.48. The fraction of sp³-hybridized carbons (Fsp3) is 0.500. The van der Waals surface area contributed by atoms with Gasteiger partial charge in [-0.3, -0.25) is 9.89 Å². The molecule has 1 aliphatic carbocycles. The average Bonchev–Trinajstić information content (AvgIpc) is 3.07. The van der Waals surface area contributed by atoms with Gasteiger partial charge in [0.1, 0.15) is 5.82 Å². The first-order valence-electron chi connectivity index (χ1n) is 8.38. The van der Waals surface area contributed by atoms with Gasteiger partial charge in [0, 0.05) is 31.3 Å². The Bertz CT molecular complexity index is 687. The van der Waals surface area contributed by atoms with Gasteiger partial charge in [-0.2, -0.15) is 5.10 Å². The van der Waals surface area contributed by atoms with E-state index >= 15 is 0 Å². The Balaban J connectivity index is 1.66. The molecule has 2 aromatic rings. The first-order chi connectivity index (χ1) is 11.6. The Kier molecular flexibility index (Phi) is 4.94. The first-order valence-corrected chi connectivity index (χ1v) is 8.38. The van der Waals surface area contributed by atoms with E-state index in [9.17, 15) is 4.79 Å². The summed E-state index contributed by atoms with van der Waals surface area (Å²) in [5.41, 5.74) is 1.60. The number of rotatable bonds is 4. The lowest BCUT2D eigenvalue weighted by atomic mass is 9.91. The van der Waals surface area contributed by atoms with Crippen molar-refractivity contribution in [1.29, 1.82) is 0 Å². The van der Waals surface area contributed by atoms with Crippen LogP contribution in [0.1, 0.15) is 41.9 Å². The second kappa shape index (κ2) is 7.13. The molecule has 1 amide bonds. The molecule has 1 fully saturated rings. The minimum Gasteiger partial charge on any atom is -0.381 e. The van der Waals surface area contributed by atoms with Gasteiger partial charge in [0.05, 0.1) is 6.10 Å². The van der Waals surface area contributed by atoms with Gasteiger partial charge < -0.3 is 9.64 Å². The summed E-state index contributed by atoms with van der Waals surface area (Å²) in [6.07, 6.45) is 4.36. The summed E-state index contributed by atoms with van der Waals surface area (Å²) in [7, 11) is 3.66. The van der Waals surface area contributed by atoms with Crippen LogP contribution < -0.4 is 0 Å². The van der Waals surface area contributed by atoms with E-state index in [0.29, 0.717) is 23.5 Å². The number of aryl methyl sites for hydroxylation is 1. The highest BCUT2D eigenvalue weighted by molar-refractivity contribution is 5.94. The molecule has 6 heteroatoms. The van der Waals surface area contributed by atoms with Crippen molar-refractivity contribution < 1.29 is 9.53 Å². The molecule has 0 atom stereocenters. The minimum absolute atomic E-state index is 0.0635. The lowest BCUT2D eigenvalue weighted by molar-refractivity contribution is 0.0386. The van der Waals surface area contributed by atoms with Crippen molar-refractivity contribution in [2.75, 3.05) is 14.2 Å². The number of hydrogen-bond acceptors (Lipinski definition) is 4. The summed E-state index contributed by atoms with van der Waals surface area (Å²) in [5.74, 6) is 1.49. The van der Waals surface area contributed by atoms with Gasteiger partial charge >= 0.3 is 0 Å². The molecule has 0 saturated heterocycles. The van der Waals surface area contributed by atoms with E-state index in [1.165, 1.54) is 0 Å². The highest BCUT2D eigenvalue weighted by Gasteiger charge is 2.27. The monoisotopic (exact) mass is 328 g/mol. The standard InChI is InChI=1S/C18H24N4O2/c1-12-19-17(21-20-12)13-4-6-14(7-5-13)18(23)22(2)15-8-10-16(24-3)11-9-15/h4-7,15-16H,8-11H2,1-3H3,(H,19,20,21). The number of carbonyl (C=O) groups excluding carboxylic acids is 1. The molecule has 0 bridgehead atoms. The zero-order chi connectivity index (χ0) is 17.1. The summed E-state index contributed by atoms with van der Waals surface area (Å²) in [5, 5.41) is 6.97. The molecule has 1 N–H and O–H groups in total. The third-order valence-electron chi connectivity index (χ3n) is 4.83. The van der Waals surface area contributed by atoms with E-state index in [4.69, 9.17) is 4.74 Å². The molecule has 0 aliphatic heterocycles. The van der Waals surface area contributed by atoms with Gasteiger partial charge in [-0.25, -0.2) is 4.98 Å². The molecule has 1 aromatic heterocycles. The molecule has 0 spiro atoms. The summed E-state index contributed by atoms with van der Waals surface area (Å²) >= 11 is 0. The molecule has 128 valence electrons. The van der Waals surface area contributed by atoms with Crippen LogP contribution in [0.25, 0.3) is 11.4 Å². The number of nitrogens with one attached hydrogen (secondary N) is 1. The highest BCUT2D eigenvalue weighted by atomic mass is 16.5. The molecule has 0 unspecified atom stereocenters. The van der Waals surface area contributed by atoms with E-state index in [2.05, 4.69) is 15.2 Å². The fourth-order valence-corrected chi connectivity index (χ4v) is 3.27. The van der Waals surface area contributed by atoms with Crippen molar-refractivity contribution in [1.82, 2.24) is 20.1 Å². The molecule has 1 saturated carbocycles. The van der Waals surface area contributed by atoms with Crippen molar-refractivity contribution in [3.63, 3.8) is 0 Å². The maximum Gasteiger partial charge on any atom is 0.253 e. The number of amides is 1. The van der Waals surface area contributed by atoms with E-state index in [0.717, 1.165) is 37.1 Å². The Hall–Kier alpha value is -2.21. The smallest absolute Gasteiger partial charge is 0.253 e. The number of methoxy groups -OCH3 is 1. The van der Waals surface area contributed by atoms with Gasteiger partial charge in [-0.15, -0.1) is 0 Å². The summed E-state index contributed by atoms with van der Waals surface area (Å²) in [6.45, 7) is 1.86. The molecule has 1 aliphatic rings. The quantitative estimate of drug-likeness (QED) is 0.937. The van der Waals surface area contributed by atoms with Gasteiger partial charge in [0.15, 0.2) is 5.82 Å².